The fraction of sp³-hybridized carbons (Fsp3) is 0.0606. The molecule has 0 spiro atoms. The lowest BCUT2D eigenvalue weighted by molar-refractivity contribution is -0.114. The lowest BCUT2D eigenvalue weighted by atomic mass is 10.2. The van der Waals surface area contributed by atoms with Crippen LogP contribution in [-0.4, -0.2) is 29.3 Å². The number of carbonyl (C=O) groups excluding carboxylic acids is 1. The largest absolute Gasteiger partial charge is 0.457 e. The summed E-state index contributed by atoms with van der Waals surface area (Å²) in [6.45, 7) is 1.27. The highest BCUT2D eigenvalue weighted by atomic mass is 32.2. The van der Waals surface area contributed by atoms with Crippen LogP contribution in [0.2, 0.25) is 0 Å². The second-order valence-corrected chi connectivity index (χ2v) is 13.5. The molecule has 0 fully saturated rings. The molecule has 0 aliphatic carbocycles. The van der Waals surface area contributed by atoms with Crippen LogP contribution >= 0.6 is 0 Å². The van der Waals surface area contributed by atoms with Crippen LogP contribution in [0.4, 0.5) is 21.5 Å². The molecule has 9 nitrogen and oxygen atoms in total. The Kier molecular flexibility index (Phi) is 9.16. The lowest BCUT2D eigenvalue weighted by Crippen LogP contribution is -2.38. The van der Waals surface area contributed by atoms with Crippen molar-refractivity contribution in [3.8, 4) is 11.5 Å². The first-order chi connectivity index (χ1) is 21.5. The second kappa shape index (κ2) is 13.2. The molecule has 0 unspecified atom stereocenters. The van der Waals surface area contributed by atoms with Gasteiger partial charge in [0, 0.05) is 11.4 Å². The number of hydrogen-bond acceptors (Lipinski definition) is 6. The zero-order chi connectivity index (χ0) is 32.0. The van der Waals surface area contributed by atoms with Gasteiger partial charge in [0.05, 0.1) is 15.5 Å². The Morgan fingerprint density at radius 2 is 1.24 bits per heavy atom. The third-order valence-electron chi connectivity index (χ3n) is 6.54. The number of hydrogen-bond donors (Lipinski definition) is 2. The maximum absolute atomic E-state index is 13.8. The molecule has 45 heavy (non-hydrogen) atoms. The average molecular weight is 646 g/mol. The fourth-order valence-electron chi connectivity index (χ4n) is 4.24. The minimum Gasteiger partial charge on any atom is -0.457 e. The van der Waals surface area contributed by atoms with E-state index < -0.39 is 38.3 Å². The molecule has 0 saturated carbocycles. The van der Waals surface area contributed by atoms with Gasteiger partial charge < -0.3 is 10.1 Å². The van der Waals surface area contributed by atoms with Crippen molar-refractivity contribution >= 4 is 43.0 Å². The third-order valence-corrected chi connectivity index (χ3v) is 9.73. The Morgan fingerprint density at radius 1 is 0.689 bits per heavy atom. The number of sulfonamides is 2. The van der Waals surface area contributed by atoms with Gasteiger partial charge in [0.15, 0.2) is 0 Å². The summed E-state index contributed by atoms with van der Waals surface area (Å²) in [5, 5.41) is 2.63. The Bertz CT molecular complexity index is 1990. The van der Waals surface area contributed by atoms with Crippen molar-refractivity contribution in [2.24, 2.45) is 0 Å². The summed E-state index contributed by atoms with van der Waals surface area (Å²) >= 11 is 0. The SMILES string of the molecule is Cc1ccc(S(=O)(=O)N(CC(=O)Nc2ccc(S(=O)(=O)Nc3ccc(F)cc3)cc2)c2ccc(Oc3ccccc3)cc2)cc1. The normalized spacial score (nSPS) is 11.4. The van der Waals surface area contributed by atoms with Crippen molar-refractivity contribution in [2.45, 2.75) is 16.7 Å². The summed E-state index contributed by atoms with van der Waals surface area (Å²) in [5.41, 5.74) is 1.54. The van der Waals surface area contributed by atoms with E-state index in [9.17, 15) is 26.0 Å². The molecule has 12 heteroatoms. The number of nitrogens with one attached hydrogen (secondary N) is 2. The van der Waals surface area contributed by atoms with Gasteiger partial charge in [-0.1, -0.05) is 35.9 Å². The van der Waals surface area contributed by atoms with E-state index in [1.165, 1.54) is 48.5 Å². The van der Waals surface area contributed by atoms with E-state index in [1.54, 1.807) is 48.5 Å². The maximum atomic E-state index is 13.8. The van der Waals surface area contributed by atoms with Crippen molar-refractivity contribution in [1.82, 2.24) is 0 Å². The number of carbonyl (C=O) groups is 1. The Labute approximate surface area is 261 Å². The summed E-state index contributed by atoms with van der Waals surface area (Å²) in [7, 11) is -8.15. The first-order valence-electron chi connectivity index (χ1n) is 13.6. The summed E-state index contributed by atoms with van der Waals surface area (Å²) in [5.74, 6) is -0.0717. The van der Waals surface area contributed by atoms with Gasteiger partial charge in [-0.2, -0.15) is 0 Å². The summed E-state index contributed by atoms with van der Waals surface area (Å²) in [6.07, 6.45) is 0. The van der Waals surface area contributed by atoms with E-state index in [-0.39, 0.29) is 26.9 Å². The predicted octanol–water partition coefficient (Wildman–Crippen LogP) is 6.56. The number of anilines is 3. The number of benzene rings is 5. The molecule has 5 aromatic carbocycles. The molecule has 0 saturated heterocycles. The van der Waals surface area contributed by atoms with E-state index in [0.29, 0.717) is 11.5 Å². The first-order valence-corrected chi connectivity index (χ1v) is 16.5. The third kappa shape index (κ3) is 7.85. The molecule has 0 aliphatic rings. The number of rotatable bonds is 11. The van der Waals surface area contributed by atoms with Gasteiger partial charge in [-0.25, -0.2) is 21.2 Å². The van der Waals surface area contributed by atoms with Crippen molar-refractivity contribution in [3.63, 3.8) is 0 Å². The fourth-order valence-corrected chi connectivity index (χ4v) is 6.72. The van der Waals surface area contributed by atoms with Gasteiger partial charge >= 0.3 is 0 Å². The van der Waals surface area contributed by atoms with E-state index in [1.807, 2.05) is 25.1 Å². The monoisotopic (exact) mass is 645 g/mol. The number of ether oxygens (including phenoxy) is 1. The number of para-hydroxylation sites is 1. The molecular formula is C33H28FN3O6S2. The van der Waals surface area contributed by atoms with Gasteiger partial charge in [0.25, 0.3) is 20.0 Å². The zero-order valence-corrected chi connectivity index (χ0v) is 25.6. The van der Waals surface area contributed by atoms with E-state index in [4.69, 9.17) is 4.74 Å². The summed E-state index contributed by atoms with van der Waals surface area (Å²) in [4.78, 5) is 13.1. The maximum Gasteiger partial charge on any atom is 0.264 e. The first kappa shape index (κ1) is 31.2. The molecule has 0 aliphatic heterocycles. The zero-order valence-electron chi connectivity index (χ0n) is 23.9. The summed E-state index contributed by atoms with van der Waals surface area (Å²) in [6, 6.07) is 31.9. The van der Waals surface area contributed by atoms with E-state index in [0.717, 1.165) is 22.0 Å². The Morgan fingerprint density at radius 3 is 1.87 bits per heavy atom. The molecule has 1 amide bonds. The van der Waals surface area contributed by atoms with Crippen molar-refractivity contribution in [3.05, 3.63) is 139 Å². The molecular weight excluding hydrogens is 618 g/mol. The molecule has 5 rings (SSSR count). The molecule has 5 aromatic rings. The van der Waals surface area contributed by atoms with Gasteiger partial charge in [-0.3, -0.25) is 13.8 Å². The molecule has 0 heterocycles. The van der Waals surface area contributed by atoms with Gasteiger partial charge in [-0.05, 0) is 104 Å². The van der Waals surface area contributed by atoms with E-state index >= 15 is 0 Å². The second-order valence-electron chi connectivity index (χ2n) is 9.92. The van der Waals surface area contributed by atoms with Crippen LogP contribution < -0.4 is 19.1 Å². The highest BCUT2D eigenvalue weighted by Gasteiger charge is 2.27. The molecule has 0 bridgehead atoms. The smallest absolute Gasteiger partial charge is 0.264 e. The molecule has 0 radical (unpaired) electrons. The van der Waals surface area contributed by atoms with Gasteiger partial charge in [-0.15, -0.1) is 0 Å². The highest BCUT2D eigenvalue weighted by molar-refractivity contribution is 7.93. The number of nitrogens with zero attached hydrogens (tertiary/aromatic N) is 1. The molecule has 0 aromatic heterocycles. The number of aryl methyl sites for hydroxylation is 1. The van der Waals surface area contributed by atoms with E-state index in [2.05, 4.69) is 10.0 Å². The van der Waals surface area contributed by atoms with Crippen LogP contribution in [0.1, 0.15) is 5.56 Å². The van der Waals surface area contributed by atoms with Crippen LogP contribution in [-0.2, 0) is 24.8 Å². The molecule has 0 atom stereocenters. The molecule has 230 valence electrons. The number of halogens is 1. The van der Waals surface area contributed by atoms with Crippen LogP contribution in [0.15, 0.2) is 137 Å². The Hall–Kier alpha value is -5.20. The Balaban J connectivity index is 1.34. The highest BCUT2D eigenvalue weighted by Crippen LogP contribution is 2.28. The average Bonchev–Trinajstić information content (AvgIpc) is 3.02. The minimum absolute atomic E-state index is 0.00808. The van der Waals surface area contributed by atoms with Gasteiger partial charge in [0.1, 0.15) is 23.9 Å². The number of amides is 1. The minimum atomic E-state index is -4.17. The van der Waals surface area contributed by atoms with Crippen molar-refractivity contribution in [1.29, 1.82) is 0 Å². The van der Waals surface area contributed by atoms with Crippen LogP contribution in [0.3, 0.4) is 0 Å². The topological polar surface area (TPSA) is 122 Å². The van der Waals surface area contributed by atoms with Crippen LogP contribution in [0.25, 0.3) is 0 Å². The summed E-state index contributed by atoms with van der Waals surface area (Å²) < 4.78 is 75.3. The van der Waals surface area contributed by atoms with Crippen molar-refractivity contribution in [2.75, 3.05) is 20.9 Å². The quantitative estimate of drug-likeness (QED) is 0.168. The lowest BCUT2D eigenvalue weighted by Gasteiger charge is -2.24. The van der Waals surface area contributed by atoms with Gasteiger partial charge in [0.2, 0.25) is 5.91 Å². The van der Waals surface area contributed by atoms with Crippen molar-refractivity contribution < 1.29 is 30.8 Å². The standard InChI is InChI=1S/C33H28FN3O6S2/c1-24-7-19-32(20-8-24)45(41,42)37(28-15-17-30(18-16-28)43-29-5-3-2-4-6-29)23-33(38)35-26-13-21-31(22-14-26)44(39,40)36-27-11-9-25(34)10-12-27/h2-22,36H,23H2,1H3,(H,35,38). The molecule has 2 N–H and O–H groups in total. The van der Waals surface area contributed by atoms with Crippen LogP contribution in [0.5, 0.6) is 11.5 Å². The predicted molar refractivity (Wildman–Crippen MR) is 171 cm³/mol. The van der Waals surface area contributed by atoms with Crippen LogP contribution in [0, 0.1) is 12.7 Å².